The Balaban J connectivity index is 1.26. The summed E-state index contributed by atoms with van der Waals surface area (Å²) in [6.07, 6.45) is -0.563. The molecule has 158 valence electrons. The molecule has 0 spiro atoms. The number of aliphatic hydroxyl groups excluding tert-OH is 1. The molecule has 1 aliphatic heterocycles. The fourth-order valence-electron chi connectivity index (χ4n) is 3.73. The zero-order chi connectivity index (χ0) is 21.1. The second kappa shape index (κ2) is 9.63. The molecular weight excluding hydrogens is 443 g/mol. The molecule has 0 aromatic heterocycles. The van der Waals surface area contributed by atoms with Crippen molar-refractivity contribution in [2.75, 3.05) is 44.2 Å². The Labute approximate surface area is 191 Å². The van der Waals surface area contributed by atoms with Gasteiger partial charge in [-0.25, -0.2) is 0 Å². The van der Waals surface area contributed by atoms with Crippen molar-refractivity contribution in [2.45, 2.75) is 6.10 Å². The molecule has 0 amide bonds. The minimum atomic E-state index is -0.563. The molecule has 0 saturated carbocycles. The van der Waals surface area contributed by atoms with Gasteiger partial charge in [0.15, 0.2) is 0 Å². The van der Waals surface area contributed by atoms with Gasteiger partial charge in [-0.05, 0) is 53.2 Å². The number of fused-ring (bicyclic) bond motifs is 1. The van der Waals surface area contributed by atoms with Crippen LogP contribution in [0.1, 0.15) is 0 Å². The molecule has 3 aromatic rings. The molecule has 1 fully saturated rings. The van der Waals surface area contributed by atoms with Crippen LogP contribution in [0.15, 0.2) is 54.6 Å². The molecular formula is C23H23Cl3N2O2. The van der Waals surface area contributed by atoms with Crippen molar-refractivity contribution < 1.29 is 9.84 Å². The van der Waals surface area contributed by atoms with Crippen molar-refractivity contribution in [3.05, 3.63) is 69.7 Å². The molecule has 4 nitrogen and oxygen atoms in total. The van der Waals surface area contributed by atoms with E-state index in [4.69, 9.17) is 39.5 Å². The summed E-state index contributed by atoms with van der Waals surface area (Å²) >= 11 is 18.5. The van der Waals surface area contributed by atoms with E-state index in [1.54, 1.807) is 6.07 Å². The van der Waals surface area contributed by atoms with Crippen LogP contribution in [0.25, 0.3) is 10.8 Å². The van der Waals surface area contributed by atoms with Crippen LogP contribution < -0.4 is 9.64 Å². The van der Waals surface area contributed by atoms with Crippen LogP contribution in [0.2, 0.25) is 15.1 Å². The molecule has 1 atom stereocenters. The Morgan fingerprint density at radius 2 is 1.50 bits per heavy atom. The SMILES string of the molecule is OC(COc1ccc2cc(Cl)ccc2c1)CN1CCN(c2cc(Cl)ccc2Cl)CC1. The number of ether oxygens (including phenoxy) is 1. The van der Waals surface area contributed by atoms with Gasteiger partial charge in [0.05, 0.1) is 10.7 Å². The number of nitrogens with zero attached hydrogens (tertiary/aromatic N) is 2. The van der Waals surface area contributed by atoms with Gasteiger partial charge in [0.2, 0.25) is 0 Å². The van der Waals surface area contributed by atoms with Gasteiger partial charge >= 0.3 is 0 Å². The van der Waals surface area contributed by atoms with E-state index in [1.807, 2.05) is 48.5 Å². The lowest BCUT2D eigenvalue weighted by Gasteiger charge is -2.37. The zero-order valence-corrected chi connectivity index (χ0v) is 18.7. The normalized spacial score (nSPS) is 16.1. The smallest absolute Gasteiger partial charge is 0.120 e. The number of anilines is 1. The third kappa shape index (κ3) is 5.32. The lowest BCUT2D eigenvalue weighted by Crippen LogP contribution is -2.49. The zero-order valence-electron chi connectivity index (χ0n) is 16.4. The summed E-state index contributed by atoms with van der Waals surface area (Å²) in [7, 11) is 0. The molecule has 1 aliphatic rings. The number of halogens is 3. The monoisotopic (exact) mass is 464 g/mol. The minimum Gasteiger partial charge on any atom is -0.491 e. The maximum Gasteiger partial charge on any atom is 0.120 e. The van der Waals surface area contributed by atoms with Crippen molar-refractivity contribution in [3.8, 4) is 5.75 Å². The first-order valence-corrected chi connectivity index (χ1v) is 11.0. The highest BCUT2D eigenvalue weighted by molar-refractivity contribution is 6.35. The number of aliphatic hydroxyl groups is 1. The van der Waals surface area contributed by atoms with Crippen LogP contribution in [0.5, 0.6) is 5.75 Å². The summed E-state index contributed by atoms with van der Waals surface area (Å²) in [6, 6.07) is 17.1. The highest BCUT2D eigenvalue weighted by Crippen LogP contribution is 2.30. The van der Waals surface area contributed by atoms with Crippen LogP contribution in [0, 0.1) is 0 Å². The predicted octanol–water partition coefficient (Wildman–Crippen LogP) is 5.36. The van der Waals surface area contributed by atoms with Crippen LogP contribution in [-0.4, -0.2) is 55.4 Å². The van der Waals surface area contributed by atoms with Crippen LogP contribution in [0.3, 0.4) is 0 Å². The van der Waals surface area contributed by atoms with Crippen molar-refractivity contribution in [1.82, 2.24) is 4.90 Å². The fraction of sp³-hybridized carbons (Fsp3) is 0.304. The third-order valence-corrected chi connectivity index (χ3v) is 6.10. The Bertz CT molecular complexity index is 1020. The second-order valence-electron chi connectivity index (χ2n) is 7.50. The van der Waals surface area contributed by atoms with E-state index < -0.39 is 6.10 Å². The first kappa shape index (κ1) is 21.5. The van der Waals surface area contributed by atoms with E-state index in [9.17, 15) is 5.11 Å². The molecule has 1 heterocycles. The van der Waals surface area contributed by atoms with Gasteiger partial charge < -0.3 is 14.7 Å². The maximum atomic E-state index is 10.4. The van der Waals surface area contributed by atoms with E-state index in [0.29, 0.717) is 21.6 Å². The first-order valence-electron chi connectivity index (χ1n) is 9.90. The molecule has 0 radical (unpaired) electrons. The van der Waals surface area contributed by atoms with Gasteiger partial charge in [0.25, 0.3) is 0 Å². The highest BCUT2D eigenvalue weighted by atomic mass is 35.5. The maximum absolute atomic E-state index is 10.4. The molecule has 1 N–H and O–H groups in total. The van der Waals surface area contributed by atoms with Gasteiger partial charge in [-0.15, -0.1) is 0 Å². The van der Waals surface area contributed by atoms with Gasteiger partial charge in [-0.3, -0.25) is 4.90 Å². The highest BCUT2D eigenvalue weighted by Gasteiger charge is 2.21. The molecule has 1 saturated heterocycles. The van der Waals surface area contributed by atoms with Gasteiger partial charge in [0, 0.05) is 42.8 Å². The van der Waals surface area contributed by atoms with Crippen molar-refractivity contribution in [1.29, 1.82) is 0 Å². The van der Waals surface area contributed by atoms with Crippen LogP contribution in [-0.2, 0) is 0 Å². The second-order valence-corrected chi connectivity index (χ2v) is 8.78. The summed E-state index contributed by atoms with van der Waals surface area (Å²) in [6.45, 7) is 4.18. The summed E-state index contributed by atoms with van der Waals surface area (Å²) < 4.78 is 5.81. The van der Waals surface area contributed by atoms with Crippen LogP contribution >= 0.6 is 34.8 Å². The summed E-state index contributed by atoms with van der Waals surface area (Å²) in [5.41, 5.74) is 0.963. The number of rotatable bonds is 6. The summed E-state index contributed by atoms with van der Waals surface area (Å²) in [5.74, 6) is 0.740. The van der Waals surface area contributed by atoms with E-state index in [1.165, 1.54) is 0 Å². The number of β-amino-alcohol motifs (C(OH)–C–C–N with tert-alkyl or cyclic N) is 1. The number of piperazine rings is 1. The average molecular weight is 466 g/mol. The summed E-state index contributed by atoms with van der Waals surface area (Å²) in [4.78, 5) is 4.47. The largest absolute Gasteiger partial charge is 0.491 e. The fourth-order valence-corrected chi connectivity index (χ4v) is 4.31. The van der Waals surface area contributed by atoms with Crippen molar-refractivity contribution >= 4 is 51.3 Å². The quantitative estimate of drug-likeness (QED) is 0.531. The lowest BCUT2D eigenvalue weighted by molar-refractivity contribution is 0.0663. The lowest BCUT2D eigenvalue weighted by atomic mass is 10.1. The van der Waals surface area contributed by atoms with Gasteiger partial charge in [-0.1, -0.05) is 46.9 Å². The number of hydrogen-bond acceptors (Lipinski definition) is 4. The topological polar surface area (TPSA) is 35.9 Å². The standard InChI is InChI=1S/C23H23Cl3N2O2/c24-18-3-1-17-12-21(5-2-16(17)11-18)30-15-20(29)14-27-7-9-28(10-8-27)23-13-19(25)4-6-22(23)26/h1-6,11-13,20,29H,7-10,14-15H2. The Hall–Kier alpha value is -1.69. The van der Waals surface area contributed by atoms with E-state index in [0.717, 1.165) is 48.4 Å². The van der Waals surface area contributed by atoms with Crippen molar-refractivity contribution in [2.24, 2.45) is 0 Å². The molecule has 30 heavy (non-hydrogen) atoms. The molecule has 7 heteroatoms. The van der Waals surface area contributed by atoms with Gasteiger partial charge in [-0.2, -0.15) is 0 Å². The van der Waals surface area contributed by atoms with Gasteiger partial charge in [0.1, 0.15) is 18.5 Å². The summed E-state index contributed by atoms with van der Waals surface area (Å²) in [5, 5.41) is 14.7. The molecule has 0 bridgehead atoms. The van der Waals surface area contributed by atoms with E-state index in [-0.39, 0.29) is 6.61 Å². The molecule has 3 aromatic carbocycles. The predicted molar refractivity (Wildman–Crippen MR) is 126 cm³/mol. The molecule has 1 unspecified atom stereocenters. The number of benzene rings is 3. The van der Waals surface area contributed by atoms with E-state index in [2.05, 4.69) is 9.80 Å². The Morgan fingerprint density at radius 3 is 2.30 bits per heavy atom. The average Bonchev–Trinajstić information content (AvgIpc) is 2.74. The number of hydrogen-bond donors (Lipinski definition) is 1. The minimum absolute atomic E-state index is 0.249. The van der Waals surface area contributed by atoms with E-state index >= 15 is 0 Å². The first-order chi connectivity index (χ1) is 14.5. The third-order valence-electron chi connectivity index (χ3n) is 5.31. The van der Waals surface area contributed by atoms with Crippen LogP contribution in [0.4, 0.5) is 5.69 Å². The molecule has 4 rings (SSSR count). The van der Waals surface area contributed by atoms with Crippen molar-refractivity contribution in [3.63, 3.8) is 0 Å². The Kier molecular flexibility index (Phi) is 6.91. The molecule has 0 aliphatic carbocycles. The Morgan fingerprint density at radius 1 is 0.833 bits per heavy atom.